The van der Waals surface area contributed by atoms with Crippen molar-refractivity contribution in [2.24, 2.45) is 0 Å². The van der Waals surface area contributed by atoms with E-state index in [1.54, 1.807) is 41.3 Å². The van der Waals surface area contributed by atoms with Gasteiger partial charge in [-0.2, -0.15) is 11.3 Å². The lowest BCUT2D eigenvalue weighted by molar-refractivity contribution is -0.418. The first-order chi connectivity index (χ1) is 11.0. The highest BCUT2D eigenvalue weighted by molar-refractivity contribution is 8.03. The van der Waals surface area contributed by atoms with E-state index in [9.17, 15) is 18.5 Å². The molecule has 0 atom stereocenters. The Morgan fingerprint density at radius 3 is 2.48 bits per heavy atom. The number of sulfone groups is 1. The highest BCUT2D eigenvalue weighted by Crippen LogP contribution is 2.29. The monoisotopic (exact) mass is 367 g/mol. The molecule has 1 heterocycles. The molecule has 0 aliphatic rings. The lowest BCUT2D eigenvalue weighted by atomic mass is 10.3. The van der Waals surface area contributed by atoms with E-state index < -0.39 is 20.5 Å². The van der Waals surface area contributed by atoms with Crippen LogP contribution in [0.4, 0.5) is 0 Å². The Bertz CT molecular complexity index is 838. The number of benzene rings is 1. The van der Waals surface area contributed by atoms with Gasteiger partial charge in [-0.15, -0.1) is 11.8 Å². The van der Waals surface area contributed by atoms with Gasteiger partial charge >= 0.3 is 0 Å². The van der Waals surface area contributed by atoms with Gasteiger partial charge in [0, 0.05) is 6.08 Å². The van der Waals surface area contributed by atoms with E-state index >= 15 is 0 Å². The van der Waals surface area contributed by atoms with E-state index in [1.165, 1.54) is 35.0 Å². The Kier molecular flexibility index (Phi) is 5.75. The van der Waals surface area contributed by atoms with Gasteiger partial charge in [0.2, 0.25) is 9.84 Å². The zero-order valence-corrected chi connectivity index (χ0v) is 14.5. The van der Waals surface area contributed by atoms with Crippen molar-refractivity contribution in [2.45, 2.75) is 4.90 Å². The van der Waals surface area contributed by atoms with Gasteiger partial charge in [-0.3, -0.25) is 10.1 Å². The molecule has 0 radical (unpaired) electrons. The van der Waals surface area contributed by atoms with E-state index in [4.69, 9.17) is 0 Å². The maximum Gasteiger partial charge on any atom is 0.289 e. The fourth-order valence-corrected chi connectivity index (χ4v) is 4.75. The number of hydrogen-bond donors (Lipinski definition) is 0. The van der Waals surface area contributed by atoms with Crippen LogP contribution in [-0.2, 0) is 9.84 Å². The van der Waals surface area contributed by atoms with Crippen LogP contribution in [0.5, 0.6) is 0 Å². The molecule has 120 valence electrons. The molecule has 1 aromatic heterocycles. The molecule has 0 aliphatic heterocycles. The number of thiophene rings is 1. The standard InChI is InChI=1S/C15H13NO4S3/c1-21-11-15(23(19,20)13-5-3-2-4-6-13)14(16(17)18)9-12-7-8-22-10-12/h2-11H,1H3/b14-9+,15-11+. The summed E-state index contributed by atoms with van der Waals surface area (Å²) in [6.07, 6.45) is 2.93. The van der Waals surface area contributed by atoms with E-state index in [0.717, 1.165) is 11.8 Å². The summed E-state index contributed by atoms with van der Waals surface area (Å²) >= 11 is 2.49. The van der Waals surface area contributed by atoms with Gasteiger partial charge < -0.3 is 0 Å². The molecule has 1 aromatic carbocycles. The summed E-state index contributed by atoms with van der Waals surface area (Å²) in [5.74, 6) is 0. The van der Waals surface area contributed by atoms with Gasteiger partial charge in [0.1, 0.15) is 0 Å². The Morgan fingerprint density at radius 1 is 1.26 bits per heavy atom. The molecule has 0 bridgehead atoms. The largest absolute Gasteiger partial charge is 0.289 e. The summed E-state index contributed by atoms with van der Waals surface area (Å²) in [5, 5.41) is 16.2. The Labute approximate surface area is 142 Å². The molecule has 2 aromatic rings. The number of hydrogen-bond acceptors (Lipinski definition) is 6. The van der Waals surface area contributed by atoms with Gasteiger partial charge in [0.25, 0.3) is 5.70 Å². The minimum absolute atomic E-state index is 0.0263. The van der Waals surface area contributed by atoms with Gasteiger partial charge in [-0.1, -0.05) is 18.2 Å². The molecule has 0 unspecified atom stereocenters. The van der Waals surface area contributed by atoms with E-state index in [1.807, 2.05) is 0 Å². The quantitative estimate of drug-likeness (QED) is 0.437. The topological polar surface area (TPSA) is 77.3 Å². The van der Waals surface area contributed by atoms with Gasteiger partial charge in [-0.25, -0.2) is 8.42 Å². The van der Waals surface area contributed by atoms with Gasteiger partial charge in [-0.05, 0) is 46.2 Å². The maximum absolute atomic E-state index is 12.8. The first-order valence-electron chi connectivity index (χ1n) is 6.38. The van der Waals surface area contributed by atoms with Crippen molar-refractivity contribution in [2.75, 3.05) is 6.26 Å². The lowest BCUT2D eigenvalue weighted by Crippen LogP contribution is -2.12. The first-order valence-corrected chi connectivity index (χ1v) is 10.1. The zero-order chi connectivity index (χ0) is 16.9. The van der Waals surface area contributed by atoms with Crippen molar-refractivity contribution in [1.29, 1.82) is 0 Å². The van der Waals surface area contributed by atoms with Crippen LogP contribution in [0.25, 0.3) is 6.08 Å². The summed E-state index contributed by atoms with van der Waals surface area (Å²) in [5.41, 5.74) is 0.151. The zero-order valence-electron chi connectivity index (χ0n) is 12.1. The van der Waals surface area contributed by atoms with Crippen LogP contribution < -0.4 is 0 Å². The molecular weight excluding hydrogens is 354 g/mol. The Hall–Kier alpha value is -1.90. The average Bonchev–Trinajstić information content (AvgIpc) is 3.04. The molecule has 0 saturated carbocycles. The van der Waals surface area contributed by atoms with E-state index in [0.29, 0.717) is 5.56 Å². The van der Waals surface area contributed by atoms with Crippen molar-refractivity contribution in [3.05, 3.63) is 78.8 Å². The molecule has 0 spiro atoms. The number of thioether (sulfide) groups is 1. The maximum atomic E-state index is 12.8. The Morgan fingerprint density at radius 2 is 1.96 bits per heavy atom. The van der Waals surface area contributed by atoms with Gasteiger partial charge in [0.15, 0.2) is 4.91 Å². The minimum atomic E-state index is -3.98. The van der Waals surface area contributed by atoms with Crippen molar-refractivity contribution >= 4 is 39.0 Å². The van der Waals surface area contributed by atoms with Crippen LogP contribution in [0.1, 0.15) is 5.56 Å². The van der Waals surface area contributed by atoms with Crippen molar-refractivity contribution in [3.8, 4) is 0 Å². The SMILES string of the molecule is CS/C=C(\C(=C/c1ccsc1)[N+](=O)[O-])S(=O)(=O)c1ccccc1. The molecule has 5 nitrogen and oxygen atoms in total. The van der Waals surface area contributed by atoms with Crippen LogP contribution in [0.3, 0.4) is 0 Å². The molecule has 2 rings (SSSR count). The molecule has 0 aliphatic carbocycles. The third-order valence-electron chi connectivity index (χ3n) is 2.86. The summed E-state index contributed by atoms with van der Waals surface area (Å²) in [6, 6.07) is 9.39. The summed E-state index contributed by atoms with van der Waals surface area (Å²) < 4.78 is 25.5. The second-order valence-electron chi connectivity index (χ2n) is 4.38. The van der Waals surface area contributed by atoms with Crippen LogP contribution in [-0.4, -0.2) is 19.6 Å². The predicted octanol–water partition coefficient (Wildman–Crippen LogP) is 4.04. The molecule has 23 heavy (non-hydrogen) atoms. The van der Waals surface area contributed by atoms with Crippen molar-refractivity contribution in [3.63, 3.8) is 0 Å². The highest BCUT2D eigenvalue weighted by Gasteiger charge is 2.31. The highest BCUT2D eigenvalue weighted by atomic mass is 32.2. The van der Waals surface area contributed by atoms with Gasteiger partial charge in [0.05, 0.1) is 9.82 Å². The minimum Gasteiger partial charge on any atom is -0.258 e. The predicted molar refractivity (Wildman–Crippen MR) is 94.5 cm³/mol. The fourth-order valence-electron chi connectivity index (χ4n) is 1.82. The molecule has 0 saturated heterocycles. The molecule has 0 N–H and O–H groups in total. The van der Waals surface area contributed by atoms with Crippen molar-refractivity contribution in [1.82, 2.24) is 0 Å². The van der Waals surface area contributed by atoms with Crippen LogP contribution in [0.2, 0.25) is 0 Å². The fraction of sp³-hybridized carbons (Fsp3) is 0.0667. The number of nitro groups is 1. The van der Waals surface area contributed by atoms with Crippen LogP contribution in [0, 0.1) is 10.1 Å². The lowest BCUT2D eigenvalue weighted by Gasteiger charge is -2.07. The molecule has 8 heteroatoms. The first kappa shape index (κ1) is 17.5. The van der Waals surface area contributed by atoms with E-state index in [-0.39, 0.29) is 9.80 Å². The average molecular weight is 367 g/mol. The number of nitrogens with zero attached hydrogens (tertiary/aromatic N) is 1. The third kappa shape index (κ3) is 4.10. The molecule has 0 amide bonds. The molecular formula is C15H13NO4S3. The third-order valence-corrected chi connectivity index (χ3v) is 5.98. The summed E-state index contributed by atoms with van der Waals surface area (Å²) in [4.78, 5) is 10.5. The Balaban J connectivity index is 2.61. The molecule has 0 fully saturated rings. The second kappa shape index (κ2) is 7.58. The number of rotatable bonds is 6. The van der Waals surface area contributed by atoms with Crippen LogP contribution >= 0.6 is 23.1 Å². The summed E-state index contributed by atoms with van der Waals surface area (Å²) in [7, 11) is -3.98. The smallest absolute Gasteiger partial charge is 0.258 e. The normalized spacial score (nSPS) is 13.1. The summed E-state index contributed by atoms with van der Waals surface area (Å²) in [6.45, 7) is 0. The van der Waals surface area contributed by atoms with E-state index in [2.05, 4.69) is 0 Å². The second-order valence-corrected chi connectivity index (χ2v) is 7.78. The van der Waals surface area contributed by atoms with Crippen LogP contribution in [0.15, 0.2) is 68.1 Å². The van der Waals surface area contributed by atoms with Crippen molar-refractivity contribution < 1.29 is 13.3 Å².